The fourth-order valence-corrected chi connectivity index (χ4v) is 13.9. The van der Waals surface area contributed by atoms with E-state index in [9.17, 15) is 24.3 Å². The summed E-state index contributed by atoms with van der Waals surface area (Å²) in [6.45, 7) is 25.0. The summed E-state index contributed by atoms with van der Waals surface area (Å²) in [5.41, 5.74) is 7.59. The lowest BCUT2D eigenvalue weighted by Gasteiger charge is -2.72. The number of allylic oxidation sites excluding steroid dienone is 2. The van der Waals surface area contributed by atoms with Crippen LogP contribution in [0.15, 0.2) is 11.1 Å². The molecule has 8 nitrogen and oxygen atoms in total. The van der Waals surface area contributed by atoms with Gasteiger partial charge in [-0.15, -0.1) is 0 Å². The van der Waals surface area contributed by atoms with Gasteiger partial charge in [0.25, 0.3) is 0 Å². The molecule has 0 spiro atoms. The zero-order chi connectivity index (χ0) is 38.6. The molecule has 0 heterocycles. The summed E-state index contributed by atoms with van der Waals surface area (Å²) in [7, 11) is 0. The SMILES string of the molecule is CC(C)C1=C2[C@H]3CC[C@@H]4[C@@]5(C)CC[C@H](OC(=O)[C@H]6C[C@@H](C(=O)O)C6(C)C)C(C)(C)[C@@H]5CC[C@@]4(C)[C@]3(C)CC[C@@]2(CC(=O)NC[C@@H](N)C(C)C)CC1=O. The molecule has 11 atom stereocenters. The largest absolute Gasteiger partial charge is 0.481 e. The number of Topliss-reactive ketones (excluding diaryl/α,β-unsaturated/α-hetero) is 1. The number of carboxylic acid groups (broad SMARTS) is 1. The Hall–Kier alpha value is -2.22. The highest BCUT2D eigenvalue weighted by Crippen LogP contribution is 2.77. The Bertz CT molecular complexity index is 1530. The summed E-state index contributed by atoms with van der Waals surface area (Å²) < 4.78 is 6.40. The number of carbonyl (C=O) groups is 4. The van der Waals surface area contributed by atoms with Crippen LogP contribution in [0.5, 0.6) is 0 Å². The van der Waals surface area contributed by atoms with Crippen LogP contribution >= 0.6 is 0 Å². The standard InChI is InChI=1S/C44H70N2O6/c1-24(2)29(45)23-46-34(48)22-44-19-18-42(10)26(36(44)35(25(3)4)30(47)21-44)12-13-32-41(9)16-15-33(40(7,8)31(41)14-17-43(32,42)11)52-38(51)28-20-27(37(49)50)39(28,5)6/h24-29,31-33H,12-23,45H2,1-11H3,(H,46,48)(H,49,50)/t26-,27+,28-,29-,31+,32-,33+,41+,42-,43-,44+/m1/s1. The molecule has 292 valence electrons. The lowest BCUT2D eigenvalue weighted by molar-refractivity contribution is -0.236. The summed E-state index contributed by atoms with van der Waals surface area (Å²) in [4.78, 5) is 52.9. The van der Waals surface area contributed by atoms with Crippen molar-refractivity contribution in [2.24, 2.45) is 79.6 Å². The third-order valence-corrected chi connectivity index (χ3v) is 17.5. The molecule has 0 aromatic rings. The molecular formula is C44H70N2O6. The van der Waals surface area contributed by atoms with Crippen LogP contribution in [0, 0.1) is 73.9 Å². The van der Waals surface area contributed by atoms with Crippen molar-refractivity contribution in [1.82, 2.24) is 5.32 Å². The second-order valence-corrected chi connectivity index (χ2v) is 21.2. The Labute approximate surface area is 313 Å². The van der Waals surface area contributed by atoms with E-state index in [1.165, 1.54) is 5.57 Å². The van der Waals surface area contributed by atoms with Gasteiger partial charge in [-0.1, -0.05) is 81.7 Å². The van der Waals surface area contributed by atoms with Crippen LogP contribution < -0.4 is 11.1 Å². The highest BCUT2D eigenvalue weighted by molar-refractivity contribution is 6.01. The van der Waals surface area contributed by atoms with Gasteiger partial charge >= 0.3 is 11.9 Å². The topological polar surface area (TPSA) is 136 Å². The molecule has 52 heavy (non-hydrogen) atoms. The number of ether oxygens (including phenoxy) is 1. The first-order valence-electron chi connectivity index (χ1n) is 20.7. The first-order valence-corrected chi connectivity index (χ1v) is 20.7. The number of carbonyl (C=O) groups excluding carboxylic acids is 3. The number of carboxylic acids is 1. The number of aliphatic carboxylic acids is 1. The first-order chi connectivity index (χ1) is 24.0. The van der Waals surface area contributed by atoms with E-state index in [2.05, 4.69) is 67.6 Å². The zero-order valence-corrected chi connectivity index (χ0v) is 34.2. The summed E-state index contributed by atoms with van der Waals surface area (Å²) in [5, 5.41) is 12.8. The molecule has 5 fully saturated rings. The molecule has 5 saturated carbocycles. The van der Waals surface area contributed by atoms with E-state index in [1.807, 2.05) is 13.8 Å². The minimum atomic E-state index is -0.829. The number of amides is 1. The van der Waals surface area contributed by atoms with Gasteiger partial charge < -0.3 is 20.9 Å². The predicted octanol–water partition coefficient (Wildman–Crippen LogP) is 8.12. The fraction of sp³-hybridized carbons (Fsp3) is 0.864. The van der Waals surface area contributed by atoms with Gasteiger partial charge in [0.15, 0.2) is 5.78 Å². The third-order valence-electron chi connectivity index (χ3n) is 17.5. The normalized spacial score (nSPS) is 42.4. The van der Waals surface area contributed by atoms with Gasteiger partial charge in [0, 0.05) is 36.3 Å². The molecule has 0 saturated heterocycles. The highest BCUT2D eigenvalue weighted by atomic mass is 16.5. The van der Waals surface area contributed by atoms with Crippen LogP contribution in [0.3, 0.4) is 0 Å². The number of hydrogen-bond acceptors (Lipinski definition) is 6. The second kappa shape index (κ2) is 12.9. The quantitative estimate of drug-likeness (QED) is 0.205. The molecule has 6 aliphatic rings. The van der Waals surface area contributed by atoms with Crippen LogP contribution in [-0.4, -0.2) is 47.4 Å². The van der Waals surface area contributed by atoms with Gasteiger partial charge in [-0.05, 0) is 115 Å². The van der Waals surface area contributed by atoms with E-state index >= 15 is 0 Å². The van der Waals surface area contributed by atoms with Crippen molar-refractivity contribution in [3.63, 3.8) is 0 Å². The molecule has 8 heteroatoms. The Kier molecular flexibility index (Phi) is 9.82. The van der Waals surface area contributed by atoms with Crippen LogP contribution in [0.1, 0.15) is 147 Å². The van der Waals surface area contributed by atoms with E-state index < -0.39 is 22.7 Å². The van der Waals surface area contributed by atoms with E-state index in [4.69, 9.17) is 10.5 Å². The molecule has 0 aliphatic heterocycles. The minimum Gasteiger partial charge on any atom is -0.481 e. The average Bonchev–Trinajstić information content (AvgIpc) is 3.32. The number of ketones is 1. The van der Waals surface area contributed by atoms with Gasteiger partial charge in [0.05, 0.1) is 11.8 Å². The van der Waals surface area contributed by atoms with Crippen LogP contribution in [-0.2, 0) is 23.9 Å². The third kappa shape index (κ3) is 5.67. The van der Waals surface area contributed by atoms with Crippen LogP contribution in [0.4, 0.5) is 0 Å². The van der Waals surface area contributed by atoms with Gasteiger partial charge in [-0.25, -0.2) is 0 Å². The van der Waals surface area contributed by atoms with Crippen molar-refractivity contribution in [2.75, 3.05) is 6.54 Å². The van der Waals surface area contributed by atoms with Gasteiger partial charge in [-0.3, -0.25) is 19.2 Å². The Morgan fingerprint density at radius 1 is 0.846 bits per heavy atom. The Morgan fingerprint density at radius 2 is 1.52 bits per heavy atom. The summed E-state index contributed by atoms with van der Waals surface area (Å²) >= 11 is 0. The van der Waals surface area contributed by atoms with E-state index in [0.717, 1.165) is 56.9 Å². The number of hydrogen-bond donors (Lipinski definition) is 3. The Balaban J connectivity index is 1.25. The Morgan fingerprint density at radius 3 is 2.12 bits per heavy atom. The molecule has 0 aromatic heterocycles. The monoisotopic (exact) mass is 723 g/mol. The minimum absolute atomic E-state index is 0.00784. The molecular weight excluding hydrogens is 652 g/mol. The highest BCUT2D eigenvalue weighted by Gasteiger charge is 2.70. The molecule has 6 aliphatic carbocycles. The molecule has 0 unspecified atom stereocenters. The van der Waals surface area contributed by atoms with Gasteiger partial charge in [0.2, 0.25) is 5.91 Å². The number of esters is 1. The molecule has 0 bridgehead atoms. The maximum Gasteiger partial charge on any atom is 0.309 e. The molecule has 0 radical (unpaired) electrons. The van der Waals surface area contributed by atoms with Crippen LogP contribution in [0.25, 0.3) is 0 Å². The molecule has 4 N–H and O–H groups in total. The van der Waals surface area contributed by atoms with Crippen LogP contribution in [0.2, 0.25) is 0 Å². The second-order valence-electron chi connectivity index (χ2n) is 21.2. The van der Waals surface area contributed by atoms with E-state index in [1.54, 1.807) is 0 Å². The maximum absolute atomic E-state index is 14.0. The summed E-state index contributed by atoms with van der Waals surface area (Å²) in [6.07, 6.45) is 9.02. The smallest absolute Gasteiger partial charge is 0.309 e. The van der Waals surface area contributed by atoms with Gasteiger partial charge in [-0.2, -0.15) is 0 Å². The lowest BCUT2D eigenvalue weighted by atomic mass is 9.33. The number of rotatable bonds is 9. The lowest BCUT2D eigenvalue weighted by Crippen LogP contribution is -2.66. The number of nitrogens with two attached hydrogens (primary N) is 1. The van der Waals surface area contributed by atoms with E-state index in [-0.39, 0.29) is 75.1 Å². The summed E-state index contributed by atoms with van der Waals surface area (Å²) in [5.74, 6) is -0.0776. The summed E-state index contributed by atoms with van der Waals surface area (Å²) in [6, 6.07) is -0.0946. The molecule has 1 amide bonds. The van der Waals surface area contributed by atoms with Crippen molar-refractivity contribution in [3.05, 3.63) is 11.1 Å². The van der Waals surface area contributed by atoms with Crippen molar-refractivity contribution in [1.29, 1.82) is 0 Å². The first kappa shape index (κ1) is 39.5. The van der Waals surface area contributed by atoms with E-state index in [0.29, 0.717) is 37.6 Å². The van der Waals surface area contributed by atoms with Crippen molar-refractivity contribution < 1.29 is 29.0 Å². The zero-order valence-electron chi connectivity index (χ0n) is 34.2. The fourth-order valence-electron chi connectivity index (χ4n) is 13.9. The van der Waals surface area contributed by atoms with Crippen molar-refractivity contribution >= 4 is 23.6 Å². The van der Waals surface area contributed by atoms with Crippen molar-refractivity contribution in [2.45, 2.75) is 159 Å². The molecule has 6 rings (SSSR count). The maximum atomic E-state index is 14.0. The molecule has 0 aromatic carbocycles. The van der Waals surface area contributed by atoms with Gasteiger partial charge in [0.1, 0.15) is 6.10 Å². The number of nitrogens with one attached hydrogen (secondary N) is 1. The predicted molar refractivity (Wildman–Crippen MR) is 203 cm³/mol. The van der Waals surface area contributed by atoms with Crippen molar-refractivity contribution in [3.8, 4) is 0 Å². The number of fused-ring (bicyclic) bond motifs is 7. The average molecular weight is 723 g/mol.